The smallest absolute Gasteiger partial charge is 0.325 e. The molecule has 3 amide bonds. The van der Waals surface area contributed by atoms with Crippen molar-refractivity contribution in [3.05, 3.63) is 36.0 Å². The van der Waals surface area contributed by atoms with Crippen LogP contribution < -0.4 is 21.7 Å². The quantitative estimate of drug-likeness (QED) is 0.219. The van der Waals surface area contributed by atoms with Gasteiger partial charge in [-0.25, -0.2) is 0 Å². The Morgan fingerprint density at radius 2 is 1.75 bits per heavy atom. The molecule has 0 radical (unpaired) electrons. The highest BCUT2D eigenvalue weighted by atomic mass is 32.2. The van der Waals surface area contributed by atoms with Crippen LogP contribution in [0.15, 0.2) is 30.5 Å². The SMILES string of the molecule is CCC(C)C(NC(=O)C(CCSC)NC(=O)C(N)Cc1c[nH]c2ccccc12)C(=O)NC(C)C(=O)O. The Kier molecular flexibility index (Phi) is 11.3. The van der Waals surface area contributed by atoms with E-state index in [9.17, 15) is 19.2 Å². The van der Waals surface area contributed by atoms with Gasteiger partial charge in [-0.15, -0.1) is 0 Å². The van der Waals surface area contributed by atoms with Crippen LogP contribution in [0.5, 0.6) is 0 Å². The molecule has 2 rings (SSSR count). The molecule has 0 saturated carbocycles. The molecular weight excluding hydrogens is 482 g/mol. The van der Waals surface area contributed by atoms with Crippen molar-refractivity contribution in [2.24, 2.45) is 11.7 Å². The Bertz CT molecular complexity index is 1060. The van der Waals surface area contributed by atoms with Gasteiger partial charge in [0.1, 0.15) is 18.1 Å². The zero-order chi connectivity index (χ0) is 26.8. The highest BCUT2D eigenvalue weighted by molar-refractivity contribution is 7.98. The largest absolute Gasteiger partial charge is 0.480 e. The van der Waals surface area contributed by atoms with Gasteiger partial charge < -0.3 is 31.8 Å². The fraction of sp³-hybridized carbons (Fsp3) is 0.520. The Labute approximate surface area is 215 Å². The van der Waals surface area contributed by atoms with Crippen LogP contribution in [0.4, 0.5) is 0 Å². The van der Waals surface area contributed by atoms with Gasteiger partial charge >= 0.3 is 5.97 Å². The monoisotopic (exact) mass is 519 g/mol. The molecule has 0 aliphatic carbocycles. The van der Waals surface area contributed by atoms with Crippen LogP contribution in [0.3, 0.4) is 0 Å². The average Bonchev–Trinajstić information content (AvgIpc) is 3.26. The summed E-state index contributed by atoms with van der Waals surface area (Å²) in [6.07, 6.45) is 4.93. The summed E-state index contributed by atoms with van der Waals surface area (Å²) in [5.74, 6) is -2.39. The third-order valence-electron chi connectivity index (χ3n) is 6.22. The molecule has 0 aliphatic heterocycles. The Hall–Kier alpha value is -3.05. The van der Waals surface area contributed by atoms with E-state index in [1.54, 1.807) is 6.92 Å². The third kappa shape index (κ3) is 7.99. The molecule has 0 aliphatic rings. The lowest BCUT2D eigenvalue weighted by Crippen LogP contribution is -2.58. The third-order valence-corrected chi connectivity index (χ3v) is 6.86. The highest BCUT2D eigenvalue weighted by Crippen LogP contribution is 2.19. The summed E-state index contributed by atoms with van der Waals surface area (Å²) in [4.78, 5) is 53.2. The van der Waals surface area contributed by atoms with Crippen molar-refractivity contribution < 1.29 is 24.3 Å². The molecule has 0 spiro atoms. The number of para-hydroxylation sites is 1. The topological polar surface area (TPSA) is 166 Å². The second kappa shape index (κ2) is 13.9. The number of carboxylic acids is 1. The molecule has 198 valence electrons. The normalized spacial score (nSPS) is 15.4. The van der Waals surface area contributed by atoms with E-state index in [0.717, 1.165) is 16.5 Å². The van der Waals surface area contributed by atoms with Gasteiger partial charge in [0.25, 0.3) is 0 Å². The van der Waals surface area contributed by atoms with Crippen molar-refractivity contribution in [2.75, 3.05) is 12.0 Å². The summed E-state index contributed by atoms with van der Waals surface area (Å²) in [5, 5.41) is 18.0. The van der Waals surface area contributed by atoms with Gasteiger partial charge in [0.2, 0.25) is 17.7 Å². The first-order valence-corrected chi connectivity index (χ1v) is 13.4. The lowest BCUT2D eigenvalue weighted by Gasteiger charge is -2.27. The number of carbonyl (C=O) groups is 4. The fourth-order valence-electron chi connectivity index (χ4n) is 3.73. The second-order valence-electron chi connectivity index (χ2n) is 8.95. The van der Waals surface area contributed by atoms with E-state index in [2.05, 4.69) is 20.9 Å². The molecule has 11 heteroatoms. The molecule has 0 bridgehead atoms. The number of nitrogens with one attached hydrogen (secondary N) is 4. The van der Waals surface area contributed by atoms with Gasteiger partial charge in [0, 0.05) is 17.1 Å². The van der Waals surface area contributed by atoms with E-state index in [4.69, 9.17) is 10.8 Å². The number of carbonyl (C=O) groups excluding carboxylic acids is 3. The molecule has 0 fully saturated rings. The van der Waals surface area contributed by atoms with Crippen molar-refractivity contribution in [3.63, 3.8) is 0 Å². The summed E-state index contributed by atoms with van der Waals surface area (Å²) in [6.45, 7) is 5.02. The summed E-state index contributed by atoms with van der Waals surface area (Å²) in [7, 11) is 0. The first kappa shape index (κ1) is 29.2. The van der Waals surface area contributed by atoms with Crippen LogP contribution in [0.25, 0.3) is 10.9 Å². The van der Waals surface area contributed by atoms with Gasteiger partial charge in [-0.2, -0.15) is 11.8 Å². The van der Waals surface area contributed by atoms with Gasteiger partial charge in [-0.05, 0) is 49.3 Å². The maximum Gasteiger partial charge on any atom is 0.325 e. The second-order valence-corrected chi connectivity index (χ2v) is 9.94. The Morgan fingerprint density at radius 3 is 2.39 bits per heavy atom. The molecule has 5 atom stereocenters. The van der Waals surface area contributed by atoms with E-state index in [0.29, 0.717) is 18.6 Å². The Morgan fingerprint density at radius 1 is 1.06 bits per heavy atom. The minimum Gasteiger partial charge on any atom is -0.480 e. The lowest BCUT2D eigenvalue weighted by atomic mass is 9.97. The number of thioether (sulfide) groups is 1. The number of benzene rings is 1. The number of aromatic amines is 1. The van der Waals surface area contributed by atoms with E-state index < -0.39 is 47.9 Å². The number of fused-ring (bicyclic) bond motifs is 1. The van der Waals surface area contributed by atoms with E-state index in [1.165, 1.54) is 18.7 Å². The van der Waals surface area contributed by atoms with E-state index in [1.807, 2.05) is 43.6 Å². The van der Waals surface area contributed by atoms with Crippen LogP contribution >= 0.6 is 11.8 Å². The number of aromatic nitrogens is 1. The molecule has 0 saturated heterocycles. The minimum absolute atomic E-state index is 0.254. The van der Waals surface area contributed by atoms with Crippen molar-refractivity contribution >= 4 is 46.4 Å². The van der Waals surface area contributed by atoms with Crippen molar-refractivity contribution in [3.8, 4) is 0 Å². The first-order chi connectivity index (χ1) is 17.1. The molecule has 1 aromatic heterocycles. The van der Waals surface area contributed by atoms with Crippen LogP contribution in [0, 0.1) is 5.92 Å². The van der Waals surface area contributed by atoms with Crippen molar-refractivity contribution in [2.45, 2.75) is 64.2 Å². The number of carboxylic acid groups (broad SMARTS) is 1. The summed E-state index contributed by atoms with van der Waals surface area (Å²) in [6, 6.07) is 3.90. The highest BCUT2D eigenvalue weighted by Gasteiger charge is 2.31. The summed E-state index contributed by atoms with van der Waals surface area (Å²) in [5.41, 5.74) is 8.05. The van der Waals surface area contributed by atoms with Crippen molar-refractivity contribution in [1.82, 2.24) is 20.9 Å². The number of hydrogen-bond donors (Lipinski definition) is 6. The summed E-state index contributed by atoms with van der Waals surface area (Å²) < 4.78 is 0. The molecule has 10 nitrogen and oxygen atoms in total. The number of H-pyrrole nitrogens is 1. The maximum absolute atomic E-state index is 13.2. The number of aliphatic carboxylic acids is 1. The number of hydrogen-bond acceptors (Lipinski definition) is 6. The first-order valence-electron chi connectivity index (χ1n) is 12.0. The number of nitrogens with two attached hydrogens (primary N) is 1. The molecule has 5 unspecified atom stereocenters. The number of amides is 3. The number of rotatable bonds is 14. The molecular formula is C25H37N5O5S. The molecule has 1 heterocycles. The van der Waals surface area contributed by atoms with Gasteiger partial charge in [-0.1, -0.05) is 38.5 Å². The predicted octanol–water partition coefficient (Wildman–Crippen LogP) is 1.40. The van der Waals surface area contributed by atoms with Crippen molar-refractivity contribution in [1.29, 1.82) is 0 Å². The van der Waals surface area contributed by atoms with Gasteiger partial charge in [0.15, 0.2) is 0 Å². The Balaban J connectivity index is 2.11. The van der Waals surface area contributed by atoms with E-state index >= 15 is 0 Å². The molecule has 7 N–H and O–H groups in total. The standard InChI is InChI=1S/C25H37N5O5S/c1-5-14(2)21(24(33)28-15(3)25(34)35)30-23(32)20(10-11-36-4)29-22(31)18(26)12-16-13-27-19-9-7-6-8-17(16)19/h6-9,13-15,18,20-21,27H,5,10-12,26H2,1-4H3,(H,28,33)(H,29,31)(H,30,32)(H,34,35). The summed E-state index contributed by atoms with van der Waals surface area (Å²) >= 11 is 1.52. The zero-order valence-corrected chi connectivity index (χ0v) is 22.0. The lowest BCUT2D eigenvalue weighted by molar-refractivity contribution is -0.142. The molecule has 36 heavy (non-hydrogen) atoms. The average molecular weight is 520 g/mol. The van der Waals surface area contributed by atoms with Crippen LogP contribution in [0.2, 0.25) is 0 Å². The predicted molar refractivity (Wildman–Crippen MR) is 142 cm³/mol. The van der Waals surface area contributed by atoms with Gasteiger partial charge in [0.05, 0.1) is 6.04 Å². The fourth-order valence-corrected chi connectivity index (χ4v) is 4.21. The van der Waals surface area contributed by atoms with Crippen LogP contribution in [-0.4, -0.2) is 70.0 Å². The van der Waals surface area contributed by atoms with Crippen LogP contribution in [-0.2, 0) is 25.6 Å². The minimum atomic E-state index is -1.17. The maximum atomic E-state index is 13.2. The molecule has 1 aromatic carbocycles. The molecule has 2 aromatic rings. The van der Waals surface area contributed by atoms with Crippen LogP contribution in [0.1, 0.15) is 39.2 Å². The van der Waals surface area contributed by atoms with E-state index in [-0.39, 0.29) is 12.3 Å². The zero-order valence-electron chi connectivity index (χ0n) is 21.2. The van der Waals surface area contributed by atoms with Gasteiger partial charge in [-0.3, -0.25) is 19.2 Å².